The Hall–Kier alpha value is -3.50. The maximum Gasteiger partial charge on any atom is 0.472 e. The summed E-state index contributed by atoms with van der Waals surface area (Å²) in [6.07, 6.45) is 63.4. The van der Waals surface area contributed by atoms with Crippen LogP contribution in [0.2, 0.25) is 0 Å². The zero-order valence-electron chi connectivity index (χ0n) is 58.0. The number of ether oxygens (including phenoxy) is 4. The van der Waals surface area contributed by atoms with E-state index in [9.17, 15) is 43.2 Å². The first kappa shape index (κ1) is 88.5. The molecular weight excluding hydrogens is 1210 g/mol. The Morgan fingerprint density at radius 2 is 0.598 bits per heavy atom. The highest BCUT2D eigenvalue weighted by Gasteiger charge is 2.30. The summed E-state index contributed by atoms with van der Waals surface area (Å²) >= 11 is 0. The molecule has 0 bridgehead atoms. The summed E-state index contributed by atoms with van der Waals surface area (Å²) in [6, 6.07) is 0. The molecule has 0 rings (SSSR count). The lowest BCUT2D eigenvalue weighted by atomic mass is 10.0. The van der Waals surface area contributed by atoms with Crippen LogP contribution in [0.25, 0.3) is 0 Å². The monoisotopic (exact) mass is 1340 g/mol. The van der Waals surface area contributed by atoms with Crippen LogP contribution in [0.15, 0.2) is 72.9 Å². The maximum absolute atomic E-state index is 13.0. The fourth-order valence-corrected chi connectivity index (χ4v) is 11.2. The van der Waals surface area contributed by atoms with Crippen molar-refractivity contribution in [2.45, 2.75) is 329 Å². The molecule has 0 aliphatic heterocycles. The number of aliphatic hydroxyl groups excluding tert-OH is 1. The molecule has 92 heavy (non-hydrogen) atoms. The van der Waals surface area contributed by atoms with Gasteiger partial charge in [-0.1, -0.05) is 255 Å². The number of hydrogen-bond acceptors (Lipinski definition) is 15. The largest absolute Gasteiger partial charge is 0.472 e. The Bertz CT molecular complexity index is 2040. The minimum atomic E-state index is -4.97. The summed E-state index contributed by atoms with van der Waals surface area (Å²) < 4.78 is 68.2. The standard InChI is InChI=1S/C73H130O17P2/c1-5-9-13-17-21-25-29-32-33-36-39-42-46-50-54-58-71(76)84-63-68(89-72(77)59-55-51-47-43-37-28-24-20-16-12-8-4)65-87-91(79,80)85-61-67(74)62-86-92(81,82)88-66-69(90-73(78)60-56-52-48-44-40-35-31-27-23-19-15-11-7-3)64-83-70(75)57-53-49-45-41-38-34-30-26-22-18-14-10-6-2/h9,13-14,18,20-21,24-26,30,32-33,67-69,74H,5-8,10-12,15-17,19,22-23,27-29,31,34-66H2,1-4H3,(H,79,80)(H,81,82)/b13-9-,18-14-,24-20-,25-21-,30-26-,33-32-. The van der Waals surface area contributed by atoms with Crippen LogP contribution < -0.4 is 0 Å². The van der Waals surface area contributed by atoms with Gasteiger partial charge in [-0.2, -0.15) is 0 Å². The molecule has 534 valence electrons. The smallest absolute Gasteiger partial charge is 0.462 e. The van der Waals surface area contributed by atoms with E-state index in [1.54, 1.807) is 0 Å². The molecule has 0 saturated carbocycles. The van der Waals surface area contributed by atoms with Crippen LogP contribution in [0.5, 0.6) is 0 Å². The van der Waals surface area contributed by atoms with E-state index in [0.29, 0.717) is 25.7 Å². The van der Waals surface area contributed by atoms with Crippen molar-refractivity contribution in [1.82, 2.24) is 0 Å². The third kappa shape index (κ3) is 65.2. The number of aliphatic hydroxyl groups is 1. The Labute approximate surface area is 558 Å². The predicted molar refractivity (Wildman–Crippen MR) is 372 cm³/mol. The molecule has 0 radical (unpaired) electrons. The normalized spacial score (nSPS) is 14.5. The Morgan fingerprint density at radius 1 is 0.315 bits per heavy atom. The summed E-state index contributed by atoms with van der Waals surface area (Å²) in [7, 11) is -9.93. The molecule has 17 nitrogen and oxygen atoms in total. The van der Waals surface area contributed by atoms with Crippen molar-refractivity contribution < 1.29 is 80.2 Å². The zero-order valence-corrected chi connectivity index (χ0v) is 59.8. The van der Waals surface area contributed by atoms with Gasteiger partial charge in [0.2, 0.25) is 0 Å². The van der Waals surface area contributed by atoms with Crippen molar-refractivity contribution in [1.29, 1.82) is 0 Å². The fraction of sp³-hybridized carbons (Fsp3) is 0.781. The number of carbonyl (C=O) groups is 4. The summed E-state index contributed by atoms with van der Waals surface area (Å²) in [4.78, 5) is 72.6. The highest BCUT2D eigenvalue weighted by Crippen LogP contribution is 2.45. The van der Waals surface area contributed by atoms with Gasteiger partial charge in [0.05, 0.1) is 26.4 Å². The Kier molecular flexibility index (Phi) is 63.6. The second-order valence-corrected chi connectivity index (χ2v) is 27.1. The molecule has 3 N–H and O–H groups in total. The second-order valence-electron chi connectivity index (χ2n) is 24.2. The first-order chi connectivity index (χ1) is 44.7. The highest BCUT2D eigenvalue weighted by molar-refractivity contribution is 7.47. The van der Waals surface area contributed by atoms with Gasteiger partial charge in [-0.15, -0.1) is 0 Å². The van der Waals surface area contributed by atoms with Gasteiger partial charge in [-0.25, -0.2) is 9.13 Å². The molecule has 19 heteroatoms. The van der Waals surface area contributed by atoms with Crippen LogP contribution in [0.1, 0.15) is 310 Å². The number of esters is 4. The van der Waals surface area contributed by atoms with Crippen molar-refractivity contribution in [3.8, 4) is 0 Å². The van der Waals surface area contributed by atoms with Gasteiger partial charge in [0.25, 0.3) is 0 Å². The summed E-state index contributed by atoms with van der Waals surface area (Å²) in [5, 5.41) is 10.6. The average molecular weight is 1340 g/mol. The molecule has 0 aliphatic rings. The van der Waals surface area contributed by atoms with Crippen LogP contribution in [0.3, 0.4) is 0 Å². The number of unbranched alkanes of at least 4 members (excludes halogenated alkanes) is 30. The average Bonchev–Trinajstić information content (AvgIpc) is 2.24. The first-order valence-corrected chi connectivity index (χ1v) is 39.2. The molecule has 0 amide bonds. The number of carbonyl (C=O) groups excluding carboxylic acids is 4. The minimum absolute atomic E-state index is 0.0823. The van der Waals surface area contributed by atoms with Gasteiger partial charge >= 0.3 is 39.5 Å². The lowest BCUT2D eigenvalue weighted by molar-refractivity contribution is -0.161. The maximum atomic E-state index is 13.0. The lowest BCUT2D eigenvalue weighted by Gasteiger charge is -2.21. The molecule has 5 unspecified atom stereocenters. The van der Waals surface area contributed by atoms with E-state index in [4.69, 9.17) is 37.0 Å². The van der Waals surface area contributed by atoms with Crippen molar-refractivity contribution in [3.05, 3.63) is 72.9 Å². The molecule has 0 aliphatic carbocycles. The van der Waals surface area contributed by atoms with Crippen LogP contribution in [-0.4, -0.2) is 96.7 Å². The van der Waals surface area contributed by atoms with E-state index in [1.807, 2.05) is 0 Å². The lowest BCUT2D eigenvalue weighted by Crippen LogP contribution is -2.30. The van der Waals surface area contributed by atoms with Gasteiger partial charge in [-0.3, -0.25) is 37.3 Å². The summed E-state index contributed by atoms with van der Waals surface area (Å²) in [6.45, 7) is 4.63. The van der Waals surface area contributed by atoms with Crippen LogP contribution in [0, 0.1) is 0 Å². The molecule has 0 spiro atoms. The van der Waals surface area contributed by atoms with Gasteiger partial charge in [0.1, 0.15) is 19.3 Å². The van der Waals surface area contributed by atoms with Crippen LogP contribution in [0.4, 0.5) is 0 Å². The van der Waals surface area contributed by atoms with E-state index in [1.165, 1.54) is 64.2 Å². The Morgan fingerprint density at radius 3 is 0.957 bits per heavy atom. The van der Waals surface area contributed by atoms with Crippen LogP contribution >= 0.6 is 15.6 Å². The van der Waals surface area contributed by atoms with Crippen molar-refractivity contribution in [2.75, 3.05) is 39.6 Å². The van der Waals surface area contributed by atoms with Crippen molar-refractivity contribution >= 4 is 39.5 Å². The van der Waals surface area contributed by atoms with Gasteiger partial charge < -0.3 is 33.8 Å². The van der Waals surface area contributed by atoms with E-state index >= 15 is 0 Å². The number of rotatable bonds is 68. The molecule has 0 aromatic carbocycles. The third-order valence-electron chi connectivity index (χ3n) is 15.1. The van der Waals surface area contributed by atoms with Crippen molar-refractivity contribution in [3.63, 3.8) is 0 Å². The molecule has 0 aromatic rings. The number of hydrogen-bond donors (Lipinski definition) is 3. The summed E-state index contributed by atoms with van der Waals surface area (Å²) in [5.41, 5.74) is 0. The molecule has 5 atom stereocenters. The summed E-state index contributed by atoms with van der Waals surface area (Å²) in [5.74, 6) is -2.20. The fourth-order valence-electron chi connectivity index (χ4n) is 9.61. The molecule has 0 heterocycles. The van der Waals surface area contributed by atoms with Gasteiger partial charge in [0, 0.05) is 25.7 Å². The van der Waals surface area contributed by atoms with E-state index in [2.05, 4.69) is 101 Å². The molecule has 0 aromatic heterocycles. The number of phosphoric acid groups is 2. The number of phosphoric ester groups is 2. The van der Waals surface area contributed by atoms with Crippen molar-refractivity contribution in [2.24, 2.45) is 0 Å². The Balaban J connectivity index is 5.32. The first-order valence-electron chi connectivity index (χ1n) is 36.2. The van der Waals surface area contributed by atoms with E-state index in [-0.39, 0.29) is 25.7 Å². The molecule has 0 fully saturated rings. The number of allylic oxidation sites excluding steroid dienone is 12. The zero-order chi connectivity index (χ0) is 67.5. The molecule has 0 saturated heterocycles. The molecular formula is C73H130O17P2. The predicted octanol–water partition coefficient (Wildman–Crippen LogP) is 20.1. The topological polar surface area (TPSA) is 237 Å². The SMILES string of the molecule is CC/C=C\C/C=C\C/C=C\CCCCCCCC(=O)OCC(COP(=O)(O)OCC(O)COP(=O)(O)OCC(COC(=O)CCCCCCC/C=C\C/C=C\CCC)OC(=O)CCCCCCCCCCCCCCC)OC(=O)CCCCCCC/C=C\CCCC. The highest BCUT2D eigenvalue weighted by atomic mass is 31.2. The van der Waals surface area contributed by atoms with E-state index in [0.717, 1.165) is 167 Å². The van der Waals surface area contributed by atoms with E-state index < -0.39 is 97.5 Å². The minimum Gasteiger partial charge on any atom is -0.462 e. The van der Waals surface area contributed by atoms with Gasteiger partial charge in [0.15, 0.2) is 12.2 Å². The van der Waals surface area contributed by atoms with Gasteiger partial charge in [-0.05, 0) is 103 Å². The second kappa shape index (κ2) is 66.1. The quantitative estimate of drug-likeness (QED) is 0.0169. The third-order valence-corrected chi connectivity index (χ3v) is 17.0. The van der Waals surface area contributed by atoms with Crippen LogP contribution in [-0.2, 0) is 65.4 Å².